The highest BCUT2D eigenvalue weighted by Gasteiger charge is 2.13. The largest absolute Gasteiger partial charge is 0.313 e. The highest BCUT2D eigenvalue weighted by atomic mass is 14.9. The Morgan fingerprint density at radius 2 is 1.53 bits per heavy atom. The Morgan fingerprint density at radius 3 is 2.26 bits per heavy atom. The van der Waals surface area contributed by atoms with E-state index >= 15 is 0 Å². The van der Waals surface area contributed by atoms with E-state index in [-0.39, 0.29) is 0 Å². The fourth-order valence-corrected chi connectivity index (χ4v) is 2.74. The van der Waals surface area contributed by atoms with E-state index in [1.807, 2.05) is 0 Å². The van der Waals surface area contributed by atoms with E-state index in [2.05, 4.69) is 66.0 Å². The second kappa shape index (κ2) is 5.85. The van der Waals surface area contributed by atoms with Crippen molar-refractivity contribution in [3.63, 3.8) is 0 Å². The van der Waals surface area contributed by atoms with Crippen molar-refractivity contribution in [2.24, 2.45) is 0 Å². The van der Waals surface area contributed by atoms with Crippen LogP contribution in [0.15, 0.2) is 66.2 Å². The highest BCUT2D eigenvalue weighted by molar-refractivity contribution is 5.70. The van der Waals surface area contributed by atoms with Crippen LogP contribution in [0.4, 0.5) is 0 Å². The predicted octanol–water partition coefficient (Wildman–Crippen LogP) is 3.68. The van der Waals surface area contributed by atoms with Gasteiger partial charge < -0.3 is 5.32 Å². The van der Waals surface area contributed by atoms with Gasteiger partial charge in [-0.3, -0.25) is 0 Å². The van der Waals surface area contributed by atoms with Gasteiger partial charge >= 0.3 is 0 Å². The molecular formula is C18H19N. The lowest BCUT2D eigenvalue weighted by Crippen LogP contribution is -2.25. The van der Waals surface area contributed by atoms with Gasteiger partial charge in [0.05, 0.1) is 0 Å². The van der Waals surface area contributed by atoms with Crippen LogP contribution >= 0.6 is 0 Å². The SMILES string of the molecule is c1ccc(CC2=C(c3ccccc3)CCNC2)cc1. The molecule has 0 radical (unpaired) electrons. The molecule has 1 aliphatic rings. The Kier molecular flexibility index (Phi) is 3.75. The summed E-state index contributed by atoms with van der Waals surface area (Å²) in [5, 5.41) is 3.50. The fraction of sp³-hybridized carbons (Fsp3) is 0.222. The predicted molar refractivity (Wildman–Crippen MR) is 81.0 cm³/mol. The van der Waals surface area contributed by atoms with Crippen LogP contribution in [0.5, 0.6) is 0 Å². The van der Waals surface area contributed by atoms with E-state index < -0.39 is 0 Å². The standard InChI is InChI=1S/C18H19N/c1-3-7-15(8-4-1)13-17-14-19-12-11-18(17)16-9-5-2-6-10-16/h1-10,19H,11-14H2. The molecule has 0 atom stereocenters. The van der Waals surface area contributed by atoms with Crippen LogP contribution in [0.3, 0.4) is 0 Å². The molecule has 96 valence electrons. The van der Waals surface area contributed by atoms with Crippen LogP contribution in [-0.2, 0) is 6.42 Å². The van der Waals surface area contributed by atoms with Crippen molar-refractivity contribution < 1.29 is 0 Å². The van der Waals surface area contributed by atoms with Gasteiger partial charge in [-0.15, -0.1) is 0 Å². The van der Waals surface area contributed by atoms with Crippen LogP contribution in [0, 0.1) is 0 Å². The van der Waals surface area contributed by atoms with Crippen molar-refractivity contribution >= 4 is 5.57 Å². The molecule has 1 nitrogen and oxygen atoms in total. The van der Waals surface area contributed by atoms with Crippen LogP contribution in [0.25, 0.3) is 5.57 Å². The van der Waals surface area contributed by atoms with E-state index in [0.29, 0.717) is 0 Å². The lowest BCUT2D eigenvalue weighted by atomic mass is 9.91. The maximum absolute atomic E-state index is 3.50. The number of nitrogens with one attached hydrogen (secondary N) is 1. The van der Waals surface area contributed by atoms with Gasteiger partial charge in [-0.25, -0.2) is 0 Å². The van der Waals surface area contributed by atoms with Crippen molar-refractivity contribution in [2.75, 3.05) is 13.1 Å². The molecule has 1 N–H and O–H groups in total. The molecule has 0 saturated heterocycles. The first kappa shape index (κ1) is 12.2. The Hall–Kier alpha value is -1.86. The average molecular weight is 249 g/mol. The number of benzene rings is 2. The van der Waals surface area contributed by atoms with E-state index in [0.717, 1.165) is 25.9 Å². The summed E-state index contributed by atoms with van der Waals surface area (Å²) in [6, 6.07) is 21.5. The summed E-state index contributed by atoms with van der Waals surface area (Å²) in [6.45, 7) is 2.10. The van der Waals surface area contributed by atoms with Crippen LogP contribution in [0.2, 0.25) is 0 Å². The second-order valence-corrected chi connectivity index (χ2v) is 5.04. The van der Waals surface area contributed by atoms with Crippen LogP contribution in [0.1, 0.15) is 17.5 Å². The molecule has 0 amide bonds. The topological polar surface area (TPSA) is 12.0 Å². The first-order chi connectivity index (χ1) is 9.43. The molecular weight excluding hydrogens is 230 g/mol. The Bertz CT molecular complexity index is 555. The lowest BCUT2D eigenvalue weighted by molar-refractivity contribution is 0.702. The van der Waals surface area contributed by atoms with Crippen molar-refractivity contribution in [1.29, 1.82) is 0 Å². The third-order valence-corrected chi connectivity index (χ3v) is 3.70. The molecule has 2 aromatic carbocycles. The van der Waals surface area contributed by atoms with Gasteiger partial charge in [-0.1, -0.05) is 60.7 Å². The summed E-state index contributed by atoms with van der Waals surface area (Å²) in [4.78, 5) is 0. The molecule has 0 aliphatic carbocycles. The van der Waals surface area contributed by atoms with Crippen molar-refractivity contribution in [3.05, 3.63) is 77.4 Å². The van der Waals surface area contributed by atoms with Gasteiger partial charge in [0.25, 0.3) is 0 Å². The smallest absolute Gasteiger partial charge is 0.0174 e. The lowest BCUT2D eigenvalue weighted by Gasteiger charge is -2.22. The number of hydrogen-bond acceptors (Lipinski definition) is 1. The molecule has 1 aliphatic heterocycles. The third kappa shape index (κ3) is 2.94. The first-order valence-corrected chi connectivity index (χ1v) is 6.94. The molecule has 3 rings (SSSR count). The summed E-state index contributed by atoms with van der Waals surface area (Å²) >= 11 is 0. The molecule has 0 bridgehead atoms. The van der Waals surface area contributed by atoms with Crippen molar-refractivity contribution in [2.45, 2.75) is 12.8 Å². The fourth-order valence-electron chi connectivity index (χ4n) is 2.74. The molecule has 19 heavy (non-hydrogen) atoms. The molecule has 0 unspecified atom stereocenters. The van der Waals surface area contributed by atoms with Crippen LogP contribution < -0.4 is 5.32 Å². The van der Waals surface area contributed by atoms with Gasteiger partial charge in [-0.2, -0.15) is 0 Å². The number of hydrogen-bond donors (Lipinski definition) is 1. The molecule has 2 aromatic rings. The summed E-state index contributed by atoms with van der Waals surface area (Å²) in [6.07, 6.45) is 2.18. The molecule has 1 heterocycles. The second-order valence-electron chi connectivity index (χ2n) is 5.04. The van der Waals surface area contributed by atoms with Gasteiger partial charge in [0.2, 0.25) is 0 Å². The van der Waals surface area contributed by atoms with E-state index in [9.17, 15) is 0 Å². The normalized spacial score (nSPS) is 15.6. The average Bonchev–Trinajstić information content (AvgIpc) is 2.50. The maximum Gasteiger partial charge on any atom is 0.0174 e. The van der Waals surface area contributed by atoms with E-state index in [1.54, 1.807) is 0 Å². The molecule has 0 aromatic heterocycles. The Balaban J connectivity index is 1.93. The highest BCUT2D eigenvalue weighted by Crippen LogP contribution is 2.26. The zero-order valence-electron chi connectivity index (χ0n) is 11.1. The van der Waals surface area contributed by atoms with Crippen molar-refractivity contribution in [1.82, 2.24) is 5.32 Å². The Morgan fingerprint density at radius 1 is 0.842 bits per heavy atom. The minimum atomic E-state index is 1.01. The monoisotopic (exact) mass is 249 g/mol. The quantitative estimate of drug-likeness (QED) is 0.875. The molecule has 0 fully saturated rings. The molecule has 0 saturated carbocycles. The summed E-state index contributed by atoms with van der Waals surface area (Å²) < 4.78 is 0. The van der Waals surface area contributed by atoms with Crippen LogP contribution in [-0.4, -0.2) is 13.1 Å². The van der Waals surface area contributed by atoms with Crippen molar-refractivity contribution in [3.8, 4) is 0 Å². The van der Waals surface area contributed by atoms with E-state index in [4.69, 9.17) is 0 Å². The number of rotatable bonds is 3. The first-order valence-electron chi connectivity index (χ1n) is 6.94. The zero-order chi connectivity index (χ0) is 12.9. The zero-order valence-corrected chi connectivity index (χ0v) is 11.1. The van der Waals surface area contributed by atoms with Gasteiger partial charge in [0.15, 0.2) is 0 Å². The summed E-state index contributed by atoms with van der Waals surface area (Å²) in [5.74, 6) is 0. The minimum absolute atomic E-state index is 1.01. The van der Waals surface area contributed by atoms with E-state index in [1.165, 1.54) is 22.3 Å². The van der Waals surface area contributed by atoms with Gasteiger partial charge in [0, 0.05) is 6.54 Å². The summed E-state index contributed by atoms with van der Waals surface area (Å²) in [5.41, 5.74) is 5.84. The third-order valence-electron chi connectivity index (χ3n) is 3.70. The van der Waals surface area contributed by atoms with Gasteiger partial charge in [-0.05, 0) is 41.7 Å². The minimum Gasteiger partial charge on any atom is -0.313 e. The summed E-state index contributed by atoms with van der Waals surface area (Å²) in [7, 11) is 0. The Labute approximate surface area is 115 Å². The maximum atomic E-state index is 3.50. The molecule has 1 heteroatoms. The molecule has 0 spiro atoms. The van der Waals surface area contributed by atoms with Gasteiger partial charge in [0.1, 0.15) is 0 Å².